The second-order valence-electron chi connectivity index (χ2n) is 7.41. The number of ether oxygens (including phenoxy) is 1. The summed E-state index contributed by atoms with van der Waals surface area (Å²) in [6.07, 6.45) is 1.41. The number of thiophene rings is 1. The van der Waals surface area contributed by atoms with Gasteiger partial charge in [-0.15, -0.1) is 11.3 Å². The second kappa shape index (κ2) is 8.05. The number of Topliss-reactive ketones (excluding diaryl/α,β-unsaturated/α-hetero) is 1. The molecule has 0 bridgehead atoms. The summed E-state index contributed by atoms with van der Waals surface area (Å²) in [6, 6.07) is 14.6. The molecular weight excluding hydrogens is 426 g/mol. The molecule has 0 fully saturated rings. The minimum absolute atomic E-state index is 0.0143. The van der Waals surface area contributed by atoms with E-state index in [0.29, 0.717) is 33.8 Å². The Morgan fingerprint density at radius 3 is 2.75 bits per heavy atom. The highest BCUT2D eigenvalue weighted by Crippen LogP contribution is 2.33. The van der Waals surface area contributed by atoms with Crippen molar-refractivity contribution in [3.8, 4) is 16.9 Å². The van der Waals surface area contributed by atoms with E-state index in [2.05, 4.69) is 4.98 Å². The molecule has 0 saturated carbocycles. The molecule has 0 N–H and O–H groups in total. The minimum Gasteiger partial charge on any atom is -0.482 e. The van der Waals surface area contributed by atoms with Crippen LogP contribution in [-0.4, -0.2) is 34.4 Å². The first-order chi connectivity index (χ1) is 15.6. The lowest BCUT2D eigenvalue weighted by Crippen LogP contribution is -2.38. The van der Waals surface area contributed by atoms with Gasteiger partial charge in [-0.1, -0.05) is 30.3 Å². The molecule has 160 valence electrons. The molecule has 0 spiro atoms. The van der Waals surface area contributed by atoms with Crippen LogP contribution in [0, 0.1) is 0 Å². The fourth-order valence-electron chi connectivity index (χ4n) is 3.88. The first-order valence-electron chi connectivity index (χ1n) is 10.2. The zero-order valence-electron chi connectivity index (χ0n) is 17.3. The van der Waals surface area contributed by atoms with Crippen LogP contribution in [0.5, 0.6) is 5.75 Å². The van der Waals surface area contributed by atoms with Crippen LogP contribution in [0.2, 0.25) is 0 Å². The van der Waals surface area contributed by atoms with Crippen LogP contribution in [0.1, 0.15) is 17.3 Å². The number of likely N-dealkylation sites (N-methyl/N-ethyl adjacent to an activating group) is 1. The van der Waals surface area contributed by atoms with Gasteiger partial charge in [0.1, 0.15) is 10.6 Å². The van der Waals surface area contributed by atoms with Crippen LogP contribution in [0.25, 0.3) is 21.3 Å². The number of fused-ring (bicyclic) bond motifs is 2. The Bertz CT molecular complexity index is 1410. The van der Waals surface area contributed by atoms with Crippen molar-refractivity contribution in [2.75, 3.05) is 18.1 Å². The molecule has 1 aliphatic rings. The fraction of sp³-hybridized carbons (Fsp3) is 0.167. The van der Waals surface area contributed by atoms with E-state index >= 15 is 0 Å². The number of ketones is 1. The molecular formula is C24H19N3O4S. The van der Waals surface area contributed by atoms with Crippen LogP contribution in [0.15, 0.2) is 65.0 Å². The minimum atomic E-state index is -0.255. The summed E-state index contributed by atoms with van der Waals surface area (Å²) in [4.78, 5) is 45.0. The smallest absolute Gasteiger partial charge is 0.265 e. The lowest BCUT2D eigenvalue weighted by Gasteiger charge is -2.28. The summed E-state index contributed by atoms with van der Waals surface area (Å²) in [5, 5.41) is 2.43. The van der Waals surface area contributed by atoms with Gasteiger partial charge in [-0.25, -0.2) is 4.98 Å². The Hall–Kier alpha value is -3.78. The fourth-order valence-corrected chi connectivity index (χ4v) is 4.79. The molecule has 3 heterocycles. The van der Waals surface area contributed by atoms with Crippen LogP contribution < -0.4 is 15.2 Å². The average molecular weight is 446 g/mol. The summed E-state index contributed by atoms with van der Waals surface area (Å²) >= 11 is 1.40. The highest BCUT2D eigenvalue weighted by molar-refractivity contribution is 7.17. The molecule has 1 aliphatic heterocycles. The third-order valence-corrected chi connectivity index (χ3v) is 6.39. The zero-order chi connectivity index (χ0) is 22.2. The number of nitrogens with zero attached hydrogens (tertiary/aromatic N) is 3. The maximum Gasteiger partial charge on any atom is 0.265 e. The zero-order valence-corrected chi connectivity index (χ0v) is 18.1. The number of hydrogen-bond acceptors (Lipinski definition) is 6. The highest BCUT2D eigenvalue weighted by Gasteiger charge is 2.25. The van der Waals surface area contributed by atoms with Crippen LogP contribution >= 0.6 is 11.3 Å². The standard InChI is InChI=1S/C24H19N3O4S/c1-2-27-18-10-16(8-9-20(18)31-12-21(27)29)19(28)11-26-14-25-23-22(24(26)30)17(13-32-23)15-6-4-3-5-7-15/h3-10,13-14H,2,11-12H2,1H3. The molecule has 5 rings (SSSR count). The molecule has 32 heavy (non-hydrogen) atoms. The molecule has 0 aliphatic carbocycles. The second-order valence-corrected chi connectivity index (χ2v) is 8.26. The third kappa shape index (κ3) is 3.38. The molecule has 1 amide bonds. The van der Waals surface area contributed by atoms with Crippen molar-refractivity contribution in [1.29, 1.82) is 0 Å². The normalized spacial score (nSPS) is 13.2. The number of benzene rings is 2. The maximum atomic E-state index is 13.2. The summed E-state index contributed by atoms with van der Waals surface area (Å²) in [5.41, 5.74) is 2.46. The van der Waals surface area contributed by atoms with Gasteiger partial charge in [0.2, 0.25) is 0 Å². The Labute approximate surface area is 187 Å². The third-order valence-electron chi connectivity index (χ3n) is 5.50. The lowest BCUT2D eigenvalue weighted by atomic mass is 10.1. The van der Waals surface area contributed by atoms with Gasteiger partial charge in [-0.05, 0) is 30.7 Å². The van der Waals surface area contributed by atoms with Gasteiger partial charge in [0.25, 0.3) is 11.5 Å². The summed E-state index contributed by atoms with van der Waals surface area (Å²) < 4.78 is 6.80. The first-order valence-corrected chi connectivity index (χ1v) is 11.1. The molecule has 2 aromatic carbocycles. The van der Waals surface area contributed by atoms with Crippen molar-refractivity contribution in [1.82, 2.24) is 9.55 Å². The van der Waals surface area contributed by atoms with Crippen molar-refractivity contribution in [2.45, 2.75) is 13.5 Å². The van der Waals surface area contributed by atoms with Crippen molar-refractivity contribution in [3.05, 3.63) is 76.2 Å². The summed E-state index contributed by atoms with van der Waals surface area (Å²) in [7, 11) is 0. The van der Waals surface area contributed by atoms with Crippen molar-refractivity contribution < 1.29 is 14.3 Å². The van der Waals surface area contributed by atoms with Gasteiger partial charge in [-0.3, -0.25) is 19.0 Å². The molecule has 0 radical (unpaired) electrons. The number of hydrogen-bond donors (Lipinski definition) is 0. The Balaban J connectivity index is 1.50. The molecule has 4 aromatic rings. The van der Waals surface area contributed by atoms with Gasteiger partial charge in [0.05, 0.1) is 23.9 Å². The SMILES string of the molecule is CCN1C(=O)COc2ccc(C(=O)Cn3cnc4scc(-c5ccccc5)c4c3=O)cc21. The topological polar surface area (TPSA) is 81.5 Å². The van der Waals surface area contributed by atoms with E-state index in [1.807, 2.05) is 42.6 Å². The molecule has 0 saturated heterocycles. The van der Waals surface area contributed by atoms with Gasteiger partial charge in [-0.2, -0.15) is 0 Å². The predicted molar refractivity (Wildman–Crippen MR) is 124 cm³/mol. The Morgan fingerprint density at radius 1 is 1.16 bits per heavy atom. The number of anilines is 1. The quantitative estimate of drug-likeness (QED) is 0.437. The number of carbonyl (C=O) groups excluding carboxylic acids is 2. The Kier molecular flexibility index (Phi) is 5.07. The van der Waals surface area contributed by atoms with E-state index in [4.69, 9.17) is 4.74 Å². The summed E-state index contributed by atoms with van der Waals surface area (Å²) in [5.74, 6) is 0.164. The van der Waals surface area contributed by atoms with E-state index < -0.39 is 0 Å². The van der Waals surface area contributed by atoms with Crippen molar-refractivity contribution in [3.63, 3.8) is 0 Å². The molecule has 8 heteroatoms. The molecule has 0 atom stereocenters. The van der Waals surface area contributed by atoms with Crippen molar-refractivity contribution >= 4 is 38.9 Å². The van der Waals surface area contributed by atoms with E-state index in [1.54, 1.807) is 23.1 Å². The average Bonchev–Trinajstić information content (AvgIpc) is 3.26. The maximum absolute atomic E-state index is 13.2. The van der Waals surface area contributed by atoms with E-state index in [1.165, 1.54) is 22.2 Å². The molecule has 7 nitrogen and oxygen atoms in total. The van der Waals surface area contributed by atoms with Crippen LogP contribution in [-0.2, 0) is 11.3 Å². The largest absolute Gasteiger partial charge is 0.482 e. The number of amides is 1. The number of aromatic nitrogens is 2. The van der Waals surface area contributed by atoms with Gasteiger partial charge in [0.15, 0.2) is 12.4 Å². The number of carbonyl (C=O) groups is 2. The number of rotatable bonds is 5. The van der Waals surface area contributed by atoms with Crippen LogP contribution in [0.4, 0.5) is 5.69 Å². The lowest BCUT2D eigenvalue weighted by molar-refractivity contribution is -0.121. The molecule has 0 unspecified atom stereocenters. The molecule has 2 aromatic heterocycles. The van der Waals surface area contributed by atoms with E-state index in [0.717, 1.165) is 11.1 Å². The summed E-state index contributed by atoms with van der Waals surface area (Å²) in [6.45, 7) is 2.19. The van der Waals surface area contributed by atoms with Gasteiger partial charge in [0, 0.05) is 23.1 Å². The highest BCUT2D eigenvalue weighted by atomic mass is 32.1. The van der Waals surface area contributed by atoms with Crippen molar-refractivity contribution in [2.24, 2.45) is 0 Å². The van der Waals surface area contributed by atoms with Gasteiger partial charge < -0.3 is 9.64 Å². The first kappa shape index (κ1) is 20.1. The van der Waals surface area contributed by atoms with E-state index in [9.17, 15) is 14.4 Å². The van der Waals surface area contributed by atoms with Gasteiger partial charge >= 0.3 is 0 Å². The predicted octanol–water partition coefficient (Wildman–Crippen LogP) is 3.75. The van der Waals surface area contributed by atoms with E-state index in [-0.39, 0.29) is 30.4 Å². The van der Waals surface area contributed by atoms with Crippen LogP contribution in [0.3, 0.4) is 0 Å². The monoisotopic (exact) mass is 445 g/mol. The Morgan fingerprint density at radius 2 is 1.97 bits per heavy atom.